The first-order valence-electron chi connectivity index (χ1n) is 11.1. The van der Waals surface area contributed by atoms with Crippen LogP contribution in [0.5, 0.6) is 0 Å². The van der Waals surface area contributed by atoms with Crippen molar-refractivity contribution >= 4 is 23.2 Å². The van der Waals surface area contributed by atoms with Crippen LogP contribution in [0.2, 0.25) is 5.02 Å². The van der Waals surface area contributed by atoms with Crippen molar-refractivity contribution in [1.82, 2.24) is 4.90 Å². The van der Waals surface area contributed by atoms with Crippen LogP contribution >= 0.6 is 11.6 Å². The average Bonchev–Trinajstić information content (AvgIpc) is 2.75. The van der Waals surface area contributed by atoms with E-state index in [2.05, 4.69) is 15.9 Å². The minimum atomic E-state index is -0.372. The molecule has 0 spiro atoms. The third-order valence-corrected chi connectivity index (χ3v) is 7.11. The highest BCUT2D eigenvalue weighted by Gasteiger charge is 2.28. The molecule has 2 N–H and O–H groups in total. The lowest BCUT2D eigenvalue weighted by molar-refractivity contribution is -0.118. The van der Waals surface area contributed by atoms with Crippen molar-refractivity contribution in [2.75, 3.05) is 37.6 Å². The summed E-state index contributed by atoms with van der Waals surface area (Å²) in [6.45, 7) is 4.98. The Morgan fingerprint density at radius 3 is 2.53 bits per heavy atom. The molecule has 1 aromatic carbocycles. The zero-order valence-electron chi connectivity index (χ0n) is 17.5. The molecule has 0 radical (unpaired) electrons. The smallest absolute Gasteiger partial charge is 0.217 e. The molecule has 0 bridgehead atoms. The molecule has 1 atom stereocenters. The summed E-state index contributed by atoms with van der Waals surface area (Å²) >= 11 is 5.92. The summed E-state index contributed by atoms with van der Waals surface area (Å²) in [6, 6.07) is 7.35. The van der Waals surface area contributed by atoms with Gasteiger partial charge >= 0.3 is 0 Å². The van der Waals surface area contributed by atoms with Crippen LogP contribution in [0.4, 0.5) is 10.1 Å². The molecule has 1 saturated heterocycles. The largest absolute Gasteiger partial charge is 0.370 e. The Kier molecular flexibility index (Phi) is 8.35. The molecule has 1 amide bonds. The molecular weight excluding hydrogens is 403 g/mol. The Labute approximate surface area is 184 Å². The number of halogens is 2. The van der Waals surface area contributed by atoms with Crippen LogP contribution in [-0.4, -0.2) is 43.5 Å². The van der Waals surface area contributed by atoms with Gasteiger partial charge in [0.1, 0.15) is 5.82 Å². The Hall–Kier alpha value is -1.84. The summed E-state index contributed by atoms with van der Waals surface area (Å²) in [7, 11) is 0. The van der Waals surface area contributed by atoms with Gasteiger partial charge in [-0.25, -0.2) is 4.39 Å². The lowest BCUT2D eigenvalue weighted by atomic mass is 9.74. The topological polar surface area (TPSA) is 73.4 Å². The SMILES string of the molecule is N#CC(CCC(N)=O)C1CCC(CCN2CCN(c3ccc(F)c(Cl)c3)CC2)CC1. The highest BCUT2D eigenvalue weighted by atomic mass is 35.5. The molecular formula is C23H32ClFN4O. The Morgan fingerprint density at radius 2 is 1.93 bits per heavy atom. The minimum Gasteiger partial charge on any atom is -0.370 e. The van der Waals surface area contributed by atoms with Gasteiger partial charge in [-0.15, -0.1) is 0 Å². The van der Waals surface area contributed by atoms with Crippen molar-refractivity contribution in [3.8, 4) is 6.07 Å². The molecule has 3 rings (SSSR count). The van der Waals surface area contributed by atoms with E-state index in [4.69, 9.17) is 17.3 Å². The van der Waals surface area contributed by atoms with E-state index in [0.29, 0.717) is 18.8 Å². The lowest BCUT2D eigenvalue weighted by Crippen LogP contribution is -2.47. The monoisotopic (exact) mass is 434 g/mol. The number of hydrogen-bond acceptors (Lipinski definition) is 4. The molecule has 0 aromatic heterocycles. The van der Waals surface area contributed by atoms with Crippen LogP contribution < -0.4 is 10.6 Å². The predicted octanol–water partition coefficient (Wildman–Crippen LogP) is 4.20. The standard InChI is InChI=1S/C23H32ClFN4O/c24-21-15-20(6-7-22(21)25)29-13-11-28(12-14-29)10-9-17-1-3-18(4-2-17)19(16-26)5-8-23(27)30/h6-7,15,17-19H,1-5,8-14H2,(H2,27,30). The fraction of sp³-hybridized carbons (Fsp3) is 0.652. The van der Waals surface area contributed by atoms with Crippen molar-refractivity contribution in [3.63, 3.8) is 0 Å². The zero-order valence-corrected chi connectivity index (χ0v) is 18.3. The minimum absolute atomic E-state index is 0.0357. The number of anilines is 1. The van der Waals surface area contributed by atoms with Crippen LogP contribution in [0.3, 0.4) is 0 Å². The van der Waals surface area contributed by atoms with E-state index >= 15 is 0 Å². The van der Waals surface area contributed by atoms with E-state index in [-0.39, 0.29) is 22.7 Å². The second-order valence-electron chi connectivity index (χ2n) is 8.74. The Balaban J connectivity index is 1.36. The van der Waals surface area contributed by atoms with Crippen molar-refractivity contribution in [1.29, 1.82) is 5.26 Å². The van der Waals surface area contributed by atoms with Gasteiger partial charge in [0.05, 0.1) is 11.1 Å². The van der Waals surface area contributed by atoms with Crippen molar-refractivity contribution in [2.24, 2.45) is 23.5 Å². The van der Waals surface area contributed by atoms with E-state index in [9.17, 15) is 14.4 Å². The summed E-state index contributed by atoms with van der Waals surface area (Å²) in [4.78, 5) is 15.8. The summed E-state index contributed by atoms with van der Waals surface area (Å²) in [5, 5.41) is 9.60. The van der Waals surface area contributed by atoms with Crippen LogP contribution in [0.1, 0.15) is 44.9 Å². The maximum atomic E-state index is 13.4. The second kappa shape index (κ2) is 11.0. The summed E-state index contributed by atoms with van der Waals surface area (Å²) in [5.41, 5.74) is 6.22. The first-order valence-corrected chi connectivity index (χ1v) is 11.4. The molecule has 1 aromatic rings. The van der Waals surface area contributed by atoms with Gasteiger partial charge in [-0.1, -0.05) is 24.4 Å². The molecule has 164 valence electrons. The van der Waals surface area contributed by atoms with Gasteiger partial charge in [0, 0.05) is 44.2 Å². The third-order valence-electron chi connectivity index (χ3n) is 6.82. The molecule has 7 heteroatoms. The van der Waals surface area contributed by atoms with E-state index < -0.39 is 0 Å². The molecule has 1 heterocycles. The van der Waals surface area contributed by atoms with Gasteiger partial charge in [-0.3, -0.25) is 9.69 Å². The van der Waals surface area contributed by atoms with Gasteiger partial charge < -0.3 is 10.6 Å². The molecule has 30 heavy (non-hydrogen) atoms. The maximum Gasteiger partial charge on any atom is 0.217 e. The molecule has 1 unspecified atom stereocenters. The van der Waals surface area contributed by atoms with Crippen LogP contribution in [0.15, 0.2) is 18.2 Å². The number of primary amides is 1. The van der Waals surface area contributed by atoms with Crippen molar-refractivity contribution in [2.45, 2.75) is 44.9 Å². The number of benzene rings is 1. The summed E-state index contributed by atoms with van der Waals surface area (Å²) < 4.78 is 13.4. The average molecular weight is 435 g/mol. The number of carbonyl (C=O) groups is 1. The molecule has 1 saturated carbocycles. The predicted molar refractivity (Wildman–Crippen MR) is 118 cm³/mol. The van der Waals surface area contributed by atoms with Gasteiger partial charge in [-0.05, 0) is 62.3 Å². The van der Waals surface area contributed by atoms with E-state index in [1.54, 1.807) is 12.1 Å². The van der Waals surface area contributed by atoms with E-state index in [1.807, 2.05) is 0 Å². The summed E-state index contributed by atoms with van der Waals surface area (Å²) in [6.07, 6.45) is 6.63. The first-order chi connectivity index (χ1) is 14.5. The van der Waals surface area contributed by atoms with Crippen molar-refractivity contribution in [3.05, 3.63) is 29.0 Å². The normalized spacial score (nSPS) is 23.7. The first kappa shape index (κ1) is 22.8. The molecule has 2 fully saturated rings. The highest BCUT2D eigenvalue weighted by molar-refractivity contribution is 6.31. The fourth-order valence-electron chi connectivity index (χ4n) is 4.86. The van der Waals surface area contributed by atoms with Gasteiger partial charge in [0.15, 0.2) is 0 Å². The lowest BCUT2D eigenvalue weighted by Gasteiger charge is -2.37. The molecule has 2 aliphatic rings. The van der Waals surface area contributed by atoms with Crippen LogP contribution in [0.25, 0.3) is 0 Å². The number of hydrogen-bond donors (Lipinski definition) is 1. The second-order valence-corrected chi connectivity index (χ2v) is 9.14. The number of carbonyl (C=O) groups excluding carboxylic acids is 1. The number of nitrogens with two attached hydrogens (primary N) is 1. The highest BCUT2D eigenvalue weighted by Crippen LogP contribution is 2.36. The fourth-order valence-corrected chi connectivity index (χ4v) is 5.03. The number of rotatable bonds is 8. The van der Waals surface area contributed by atoms with E-state index in [0.717, 1.165) is 57.2 Å². The van der Waals surface area contributed by atoms with Crippen LogP contribution in [-0.2, 0) is 4.79 Å². The molecule has 5 nitrogen and oxygen atoms in total. The van der Waals surface area contributed by atoms with Crippen molar-refractivity contribution < 1.29 is 9.18 Å². The van der Waals surface area contributed by atoms with Gasteiger partial charge in [0.2, 0.25) is 5.91 Å². The van der Waals surface area contributed by atoms with Gasteiger partial charge in [-0.2, -0.15) is 5.26 Å². The molecule has 1 aliphatic carbocycles. The van der Waals surface area contributed by atoms with E-state index in [1.165, 1.54) is 25.3 Å². The number of amides is 1. The Morgan fingerprint density at radius 1 is 1.23 bits per heavy atom. The Bertz CT molecular complexity index is 752. The number of piperazine rings is 1. The zero-order chi connectivity index (χ0) is 21.5. The third kappa shape index (κ3) is 6.33. The van der Waals surface area contributed by atoms with Crippen LogP contribution in [0, 0.1) is 34.9 Å². The number of nitriles is 1. The molecule has 1 aliphatic heterocycles. The maximum absolute atomic E-state index is 13.4. The summed E-state index contributed by atoms with van der Waals surface area (Å²) in [5.74, 6) is 0.420. The number of nitrogens with zero attached hydrogens (tertiary/aromatic N) is 3. The quantitative estimate of drug-likeness (QED) is 0.665. The van der Waals surface area contributed by atoms with Gasteiger partial charge in [0.25, 0.3) is 0 Å².